The fourth-order valence-electron chi connectivity index (χ4n) is 2.43. The minimum Gasteiger partial charge on any atom is -0.336 e. The summed E-state index contributed by atoms with van der Waals surface area (Å²) in [5.41, 5.74) is 2.24. The number of aromatic nitrogens is 3. The number of nitrogen functional groups attached to an aromatic ring is 1. The van der Waals surface area contributed by atoms with Crippen LogP contribution in [0.15, 0.2) is 29.4 Å². The van der Waals surface area contributed by atoms with E-state index in [-0.39, 0.29) is 11.2 Å². The first-order chi connectivity index (χ1) is 10.1. The highest BCUT2D eigenvalue weighted by Crippen LogP contribution is 2.30. The lowest BCUT2D eigenvalue weighted by Crippen LogP contribution is -2.35. The number of amides is 1. The molecule has 0 saturated heterocycles. The number of carbonyl (C=O) groups excluding carboxylic acids is 1. The van der Waals surface area contributed by atoms with Crippen LogP contribution < -0.4 is 10.7 Å². The average molecular weight is 303 g/mol. The molecule has 21 heavy (non-hydrogen) atoms. The van der Waals surface area contributed by atoms with Crippen molar-refractivity contribution >= 4 is 23.4 Å². The second-order valence-electron chi connectivity index (χ2n) is 5.03. The second kappa shape index (κ2) is 5.40. The van der Waals surface area contributed by atoms with E-state index in [0.717, 1.165) is 18.7 Å². The normalized spacial score (nSPS) is 15.0. The van der Waals surface area contributed by atoms with E-state index in [9.17, 15) is 4.79 Å². The van der Waals surface area contributed by atoms with Crippen molar-refractivity contribution in [3.05, 3.63) is 35.7 Å². The Morgan fingerprint density at radius 2 is 2.14 bits per heavy atom. The van der Waals surface area contributed by atoms with Gasteiger partial charge in [-0.3, -0.25) is 4.79 Å². The zero-order chi connectivity index (χ0) is 15.0. The van der Waals surface area contributed by atoms with Crippen LogP contribution in [0, 0.1) is 6.92 Å². The molecule has 2 aromatic rings. The van der Waals surface area contributed by atoms with Gasteiger partial charge in [0.25, 0.3) is 0 Å². The summed E-state index contributed by atoms with van der Waals surface area (Å²) in [7, 11) is 0. The number of aryl methyl sites for hydroxylation is 1. The van der Waals surface area contributed by atoms with Crippen LogP contribution in [-0.4, -0.2) is 32.6 Å². The molecular weight excluding hydrogens is 286 g/mol. The van der Waals surface area contributed by atoms with Crippen molar-refractivity contribution in [2.75, 3.05) is 17.3 Å². The number of hydrogen-bond acceptors (Lipinski definition) is 5. The van der Waals surface area contributed by atoms with E-state index in [1.165, 1.54) is 22.0 Å². The predicted molar refractivity (Wildman–Crippen MR) is 82.7 cm³/mol. The number of thioether (sulfide) groups is 1. The summed E-state index contributed by atoms with van der Waals surface area (Å²) in [4.78, 5) is 14.5. The van der Waals surface area contributed by atoms with E-state index in [1.807, 2.05) is 30.0 Å². The van der Waals surface area contributed by atoms with Gasteiger partial charge in [-0.2, -0.15) is 0 Å². The lowest BCUT2D eigenvalue weighted by Gasteiger charge is -2.21. The molecule has 0 aliphatic carbocycles. The molecular formula is C14H17N5OS. The third-order valence-electron chi connectivity index (χ3n) is 3.62. The summed E-state index contributed by atoms with van der Waals surface area (Å²) < 4.78 is 1.41. The highest BCUT2D eigenvalue weighted by molar-refractivity contribution is 8.00. The van der Waals surface area contributed by atoms with Gasteiger partial charge in [-0.05, 0) is 31.9 Å². The van der Waals surface area contributed by atoms with Crippen molar-refractivity contribution in [1.29, 1.82) is 0 Å². The molecule has 110 valence electrons. The zero-order valence-electron chi connectivity index (χ0n) is 12.0. The van der Waals surface area contributed by atoms with Crippen LogP contribution in [0.1, 0.15) is 18.3 Å². The molecule has 0 unspecified atom stereocenters. The highest BCUT2D eigenvalue weighted by atomic mass is 32.2. The molecule has 0 fully saturated rings. The molecule has 6 nitrogen and oxygen atoms in total. The topological polar surface area (TPSA) is 77.0 Å². The highest BCUT2D eigenvalue weighted by Gasteiger charge is 2.29. The lowest BCUT2D eigenvalue weighted by atomic mass is 10.2. The van der Waals surface area contributed by atoms with E-state index in [2.05, 4.69) is 16.3 Å². The summed E-state index contributed by atoms with van der Waals surface area (Å²) in [6.45, 7) is 4.38. The van der Waals surface area contributed by atoms with E-state index < -0.39 is 0 Å². The Bertz CT molecular complexity index is 684. The first-order valence-corrected chi connectivity index (χ1v) is 7.69. The summed E-state index contributed by atoms with van der Waals surface area (Å²) in [5, 5.41) is 8.19. The molecule has 0 spiro atoms. The Kier molecular flexibility index (Phi) is 3.59. The largest absolute Gasteiger partial charge is 0.336 e. The van der Waals surface area contributed by atoms with Crippen molar-refractivity contribution in [2.24, 2.45) is 0 Å². The Morgan fingerprint density at radius 3 is 2.86 bits per heavy atom. The van der Waals surface area contributed by atoms with Crippen molar-refractivity contribution in [3.8, 4) is 0 Å². The molecule has 3 rings (SSSR count). The molecule has 2 N–H and O–H groups in total. The van der Waals surface area contributed by atoms with Crippen molar-refractivity contribution in [1.82, 2.24) is 14.9 Å². The minimum absolute atomic E-state index is 0.0746. The van der Waals surface area contributed by atoms with E-state index in [0.29, 0.717) is 11.0 Å². The van der Waals surface area contributed by atoms with Crippen molar-refractivity contribution in [2.45, 2.75) is 30.7 Å². The molecule has 1 amide bonds. The van der Waals surface area contributed by atoms with E-state index in [1.54, 1.807) is 6.92 Å². The van der Waals surface area contributed by atoms with Gasteiger partial charge >= 0.3 is 0 Å². The van der Waals surface area contributed by atoms with E-state index >= 15 is 0 Å². The Hall–Kier alpha value is -2.02. The fraction of sp³-hybridized carbons (Fsp3) is 0.357. The standard InChI is InChI=1S/C14H17N5OS/c1-9(21-14-17-16-10(2)19(14)15)13(20)18-8-7-11-5-3-4-6-12(11)18/h3-6,9H,7-8,15H2,1-2H3/t9-/m0/s1. The van der Waals surface area contributed by atoms with Crippen molar-refractivity contribution < 1.29 is 4.79 Å². The SMILES string of the molecule is Cc1nnc(S[C@@H](C)C(=O)N2CCc3ccccc32)n1N. The van der Waals surface area contributed by atoms with Crippen LogP contribution >= 0.6 is 11.8 Å². The maximum Gasteiger partial charge on any atom is 0.240 e. The maximum absolute atomic E-state index is 12.6. The van der Waals surface area contributed by atoms with Crippen molar-refractivity contribution in [3.63, 3.8) is 0 Å². The van der Waals surface area contributed by atoms with Crippen LogP contribution in [-0.2, 0) is 11.2 Å². The van der Waals surface area contributed by atoms with E-state index in [4.69, 9.17) is 5.84 Å². The van der Waals surface area contributed by atoms with Gasteiger partial charge in [0.05, 0.1) is 5.25 Å². The van der Waals surface area contributed by atoms with Crippen LogP contribution in [0.5, 0.6) is 0 Å². The fourth-order valence-corrected chi connectivity index (χ4v) is 3.30. The number of nitrogens with two attached hydrogens (primary N) is 1. The molecule has 7 heteroatoms. The van der Waals surface area contributed by atoms with Gasteiger partial charge < -0.3 is 10.7 Å². The third-order valence-corrected chi connectivity index (χ3v) is 4.66. The first kappa shape index (κ1) is 13.9. The number of nitrogens with zero attached hydrogens (tertiary/aromatic N) is 4. The zero-order valence-corrected chi connectivity index (χ0v) is 12.8. The monoisotopic (exact) mass is 303 g/mol. The molecule has 1 aliphatic rings. The van der Waals surface area contributed by atoms with Gasteiger partial charge in [0.15, 0.2) is 0 Å². The van der Waals surface area contributed by atoms with Gasteiger partial charge in [0.2, 0.25) is 11.1 Å². The summed E-state index contributed by atoms with van der Waals surface area (Å²) in [6, 6.07) is 8.03. The molecule has 1 aliphatic heterocycles. The molecule has 0 radical (unpaired) electrons. The third kappa shape index (κ3) is 2.49. The van der Waals surface area contributed by atoms with Gasteiger partial charge in [0.1, 0.15) is 5.82 Å². The first-order valence-electron chi connectivity index (χ1n) is 6.81. The van der Waals surface area contributed by atoms with Gasteiger partial charge in [0, 0.05) is 12.2 Å². The minimum atomic E-state index is -0.262. The van der Waals surface area contributed by atoms with Gasteiger partial charge in [-0.25, -0.2) is 4.68 Å². The Morgan fingerprint density at radius 1 is 1.38 bits per heavy atom. The molecule has 1 atom stereocenters. The number of carbonyl (C=O) groups is 1. The second-order valence-corrected chi connectivity index (χ2v) is 6.34. The quantitative estimate of drug-likeness (QED) is 0.684. The van der Waals surface area contributed by atoms with Gasteiger partial charge in [-0.15, -0.1) is 10.2 Å². The smallest absolute Gasteiger partial charge is 0.240 e. The molecule has 1 aromatic heterocycles. The Labute approximate surface area is 127 Å². The Balaban J connectivity index is 1.75. The molecule has 0 bridgehead atoms. The van der Waals surface area contributed by atoms with Crippen LogP contribution in [0.3, 0.4) is 0 Å². The number of hydrogen-bond donors (Lipinski definition) is 1. The van der Waals surface area contributed by atoms with Gasteiger partial charge in [-0.1, -0.05) is 30.0 Å². The maximum atomic E-state index is 12.6. The van der Waals surface area contributed by atoms with Crippen LogP contribution in [0.2, 0.25) is 0 Å². The predicted octanol–water partition coefficient (Wildman–Crippen LogP) is 1.37. The molecule has 0 saturated carbocycles. The average Bonchev–Trinajstić information content (AvgIpc) is 3.05. The molecule has 1 aromatic carbocycles. The lowest BCUT2D eigenvalue weighted by molar-refractivity contribution is -0.117. The van der Waals surface area contributed by atoms with Crippen LogP contribution in [0.4, 0.5) is 5.69 Å². The van der Waals surface area contributed by atoms with Crippen LogP contribution in [0.25, 0.3) is 0 Å². The summed E-state index contributed by atoms with van der Waals surface area (Å²) in [5.74, 6) is 6.53. The number of benzene rings is 1. The summed E-state index contributed by atoms with van der Waals surface area (Å²) in [6.07, 6.45) is 0.908. The molecule has 2 heterocycles. The number of rotatable bonds is 3. The number of para-hydroxylation sites is 1. The number of anilines is 1. The summed E-state index contributed by atoms with van der Waals surface area (Å²) >= 11 is 1.33. The number of fused-ring (bicyclic) bond motifs is 1.